The van der Waals surface area contributed by atoms with Gasteiger partial charge in [-0.25, -0.2) is 0 Å². The van der Waals surface area contributed by atoms with Crippen LogP contribution < -0.4 is 11.1 Å². The number of halogens is 1. The summed E-state index contributed by atoms with van der Waals surface area (Å²) in [5, 5.41) is 3.79. The molecule has 3 N–H and O–H groups in total. The third kappa shape index (κ3) is 12.8. The third-order valence-electron chi connectivity index (χ3n) is 2.73. The van der Waals surface area contributed by atoms with Gasteiger partial charge < -0.3 is 11.1 Å². The van der Waals surface area contributed by atoms with Gasteiger partial charge in [-0.05, 0) is 25.5 Å². The van der Waals surface area contributed by atoms with E-state index in [9.17, 15) is 0 Å². The van der Waals surface area contributed by atoms with Crippen LogP contribution in [-0.2, 0) is 0 Å². The van der Waals surface area contributed by atoms with Crippen molar-refractivity contribution >= 4 is 41.7 Å². The maximum Gasteiger partial charge on any atom is 0.188 e. The summed E-state index contributed by atoms with van der Waals surface area (Å²) >= 11 is 1.81. The van der Waals surface area contributed by atoms with Crippen LogP contribution in [0.1, 0.15) is 47.0 Å². The molecule has 5 heteroatoms. The molecule has 0 spiro atoms. The second kappa shape index (κ2) is 12.4. The van der Waals surface area contributed by atoms with E-state index in [4.69, 9.17) is 5.73 Å². The molecule has 0 amide bonds. The molecule has 0 aliphatic heterocycles. The summed E-state index contributed by atoms with van der Waals surface area (Å²) in [7, 11) is 0. The van der Waals surface area contributed by atoms with E-state index < -0.39 is 0 Å². The molecule has 0 aromatic rings. The molecule has 110 valence electrons. The average Bonchev–Trinajstić information content (AvgIpc) is 2.25. The lowest BCUT2D eigenvalue weighted by Crippen LogP contribution is -2.38. The van der Waals surface area contributed by atoms with Crippen molar-refractivity contribution in [3.8, 4) is 0 Å². The highest BCUT2D eigenvalue weighted by Crippen LogP contribution is 2.08. The van der Waals surface area contributed by atoms with Gasteiger partial charge in [-0.3, -0.25) is 4.99 Å². The van der Waals surface area contributed by atoms with E-state index in [1.165, 1.54) is 12.8 Å². The average molecular weight is 387 g/mol. The Morgan fingerprint density at radius 3 is 2.33 bits per heavy atom. The number of aliphatic imine (C=N–C) groups is 1. The molecule has 0 bridgehead atoms. The minimum Gasteiger partial charge on any atom is -0.370 e. The van der Waals surface area contributed by atoms with E-state index in [0.717, 1.165) is 18.9 Å². The quantitative estimate of drug-likeness (QED) is 0.381. The number of nitrogens with one attached hydrogen (secondary N) is 1. The standard InChI is InChI=1S/C13H29N3S.HI/c1-10(2)7-6-8-11(3)16-13(14)15-9-12(4)17-5;/h10-12H,6-9H2,1-5H3,(H3,14,15,16);1H. The normalized spacial score (nSPS) is 15.1. The Balaban J connectivity index is 0. The molecule has 0 heterocycles. The molecule has 3 nitrogen and oxygen atoms in total. The summed E-state index contributed by atoms with van der Waals surface area (Å²) in [6.07, 6.45) is 5.79. The van der Waals surface area contributed by atoms with Crippen LogP contribution in [0.4, 0.5) is 0 Å². The number of nitrogens with two attached hydrogens (primary N) is 1. The molecule has 2 atom stereocenters. The summed E-state index contributed by atoms with van der Waals surface area (Å²) in [5.41, 5.74) is 5.84. The summed E-state index contributed by atoms with van der Waals surface area (Å²) in [6, 6.07) is 0.419. The molecule has 0 radical (unpaired) electrons. The maximum absolute atomic E-state index is 5.84. The lowest BCUT2D eigenvalue weighted by Gasteiger charge is -2.15. The van der Waals surface area contributed by atoms with Crippen molar-refractivity contribution in [3.63, 3.8) is 0 Å². The first-order valence-corrected chi connectivity index (χ1v) is 7.83. The number of hydrogen-bond acceptors (Lipinski definition) is 2. The zero-order chi connectivity index (χ0) is 13.3. The predicted molar refractivity (Wildman–Crippen MR) is 96.2 cm³/mol. The lowest BCUT2D eigenvalue weighted by molar-refractivity contribution is 0.493. The van der Waals surface area contributed by atoms with Gasteiger partial charge in [0.15, 0.2) is 5.96 Å². The van der Waals surface area contributed by atoms with E-state index in [-0.39, 0.29) is 24.0 Å². The lowest BCUT2D eigenvalue weighted by atomic mass is 10.0. The number of nitrogens with zero attached hydrogens (tertiary/aromatic N) is 1. The second-order valence-corrected chi connectivity index (χ2v) is 6.42. The first kappa shape index (κ1) is 20.7. The highest BCUT2D eigenvalue weighted by atomic mass is 127. The zero-order valence-corrected chi connectivity index (χ0v) is 15.5. The van der Waals surface area contributed by atoms with Gasteiger partial charge in [0.25, 0.3) is 0 Å². The predicted octanol–water partition coefficient (Wildman–Crippen LogP) is 3.48. The topological polar surface area (TPSA) is 50.4 Å². The summed E-state index contributed by atoms with van der Waals surface area (Å²) in [5.74, 6) is 1.37. The van der Waals surface area contributed by atoms with Crippen LogP contribution in [0.15, 0.2) is 4.99 Å². The van der Waals surface area contributed by atoms with Crippen LogP contribution in [0.25, 0.3) is 0 Å². The van der Waals surface area contributed by atoms with Crippen LogP contribution in [0.3, 0.4) is 0 Å². The number of rotatable bonds is 8. The molecule has 0 saturated carbocycles. The van der Waals surface area contributed by atoms with Gasteiger partial charge in [0, 0.05) is 11.3 Å². The van der Waals surface area contributed by atoms with E-state index in [1.807, 2.05) is 11.8 Å². The first-order chi connectivity index (χ1) is 7.95. The summed E-state index contributed by atoms with van der Waals surface area (Å²) < 4.78 is 0. The number of guanidine groups is 1. The Labute approximate surface area is 134 Å². The third-order valence-corrected chi connectivity index (χ3v) is 3.69. The first-order valence-electron chi connectivity index (χ1n) is 6.55. The van der Waals surface area contributed by atoms with Gasteiger partial charge >= 0.3 is 0 Å². The SMILES string of the molecule is CSC(C)CN=C(N)NC(C)CCCC(C)C.I. The van der Waals surface area contributed by atoms with Gasteiger partial charge in [0.1, 0.15) is 0 Å². The van der Waals surface area contributed by atoms with Crippen molar-refractivity contribution in [2.45, 2.75) is 58.2 Å². The van der Waals surface area contributed by atoms with Gasteiger partial charge in [-0.15, -0.1) is 24.0 Å². The number of hydrogen-bond donors (Lipinski definition) is 2. The Kier molecular flexibility index (Phi) is 14.2. The minimum absolute atomic E-state index is 0. The smallest absolute Gasteiger partial charge is 0.188 e. The summed E-state index contributed by atoms with van der Waals surface area (Å²) in [6.45, 7) is 9.64. The van der Waals surface area contributed by atoms with Crippen LogP contribution in [0, 0.1) is 5.92 Å². The van der Waals surface area contributed by atoms with Crippen molar-refractivity contribution in [2.24, 2.45) is 16.6 Å². The largest absolute Gasteiger partial charge is 0.370 e. The fourth-order valence-electron chi connectivity index (χ4n) is 1.50. The molecular formula is C13H30IN3S. The Hall–Kier alpha value is 0.350. The van der Waals surface area contributed by atoms with Gasteiger partial charge in [-0.1, -0.05) is 33.6 Å². The second-order valence-electron chi connectivity index (χ2n) is 5.14. The van der Waals surface area contributed by atoms with Crippen molar-refractivity contribution in [1.82, 2.24) is 5.32 Å². The molecule has 0 fully saturated rings. The molecule has 0 aliphatic carbocycles. The zero-order valence-electron chi connectivity index (χ0n) is 12.4. The van der Waals surface area contributed by atoms with Crippen LogP contribution in [-0.4, -0.2) is 30.1 Å². The Morgan fingerprint density at radius 1 is 1.22 bits per heavy atom. The Bertz CT molecular complexity index is 222. The van der Waals surface area contributed by atoms with Crippen molar-refractivity contribution in [2.75, 3.05) is 12.8 Å². The van der Waals surface area contributed by atoms with Crippen molar-refractivity contribution in [1.29, 1.82) is 0 Å². The highest BCUT2D eigenvalue weighted by molar-refractivity contribution is 14.0. The highest BCUT2D eigenvalue weighted by Gasteiger charge is 2.04. The van der Waals surface area contributed by atoms with E-state index >= 15 is 0 Å². The Morgan fingerprint density at radius 2 is 1.83 bits per heavy atom. The van der Waals surface area contributed by atoms with Gasteiger partial charge in [0.2, 0.25) is 0 Å². The fraction of sp³-hybridized carbons (Fsp3) is 0.923. The molecule has 0 saturated heterocycles. The number of thioether (sulfide) groups is 1. The molecule has 0 aromatic heterocycles. The maximum atomic E-state index is 5.84. The van der Waals surface area contributed by atoms with Crippen LogP contribution in [0.5, 0.6) is 0 Å². The molecule has 2 unspecified atom stereocenters. The van der Waals surface area contributed by atoms with E-state index in [2.05, 4.69) is 44.3 Å². The van der Waals surface area contributed by atoms with E-state index in [0.29, 0.717) is 17.3 Å². The fourth-order valence-corrected chi connectivity index (χ4v) is 1.73. The molecular weight excluding hydrogens is 357 g/mol. The molecule has 0 rings (SSSR count). The van der Waals surface area contributed by atoms with Gasteiger partial charge in [0.05, 0.1) is 6.54 Å². The van der Waals surface area contributed by atoms with E-state index in [1.54, 1.807) is 0 Å². The molecule has 18 heavy (non-hydrogen) atoms. The van der Waals surface area contributed by atoms with Crippen molar-refractivity contribution in [3.05, 3.63) is 0 Å². The van der Waals surface area contributed by atoms with Crippen LogP contribution in [0.2, 0.25) is 0 Å². The molecule has 0 aromatic carbocycles. The van der Waals surface area contributed by atoms with Gasteiger partial charge in [-0.2, -0.15) is 11.8 Å². The molecule has 0 aliphatic rings. The monoisotopic (exact) mass is 387 g/mol. The summed E-state index contributed by atoms with van der Waals surface area (Å²) in [4.78, 5) is 4.34. The van der Waals surface area contributed by atoms with Crippen molar-refractivity contribution < 1.29 is 0 Å². The van der Waals surface area contributed by atoms with Crippen LogP contribution >= 0.6 is 35.7 Å². The minimum atomic E-state index is 0.